The zero-order valence-electron chi connectivity index (χ0n) is 8.64. The number of nitrogens with zero attached hydrogens (tertiary/aromatic N) is 5. The number of aromatic nitrogens is 4. The predicted octanol–water partition coefficient (Wildman–Crippen LogP) is -0.194. The minimum Gasteiger partial charge on any atom is -0.378 e. The molecule has 1 fully saturated rings. The molecule has 1 atom stereocenters. The van der Waals surface area contributed by atoms with Crippen LogP contribution in [0.4, 0.5) is 0 Å². The van der Waals surface area contributed by atoms with Crippen molar-refractivity contribution < 1.29 is 4.74 Å². The summed E-state index contributed by atoms with van der Waals surface area (Å²) < 4.78 is 5.41. The first kappa shape index (κ1) is 11.0. The fourth-order valence-electron chi connectivity index (χ4n) is 1.61. The SMILES string of the molecule is Cn1nnc(CN2CCOCC2CBr)n1. The van der Waals surface area contributed by atoms with Crippen molar-refractivity contribution in [2.75, 3.05) is 25.1 Å². The van der Waals surface area contributed by atoms with Gasteiger partial charge in [-0.1, -0.05) is 15.9 Å². The van der Waals surface area contributed by atoms with Crippen molar-refractivity contribution in [1.82, 2.24) is 25.1 Å². The summed E-state index contributed by atoms with van der Waals surface area (Å²) in [5, 5.41) is 12.9. The van der Waals surface area contributed by atoms with Gasteiger partial charge in [0.2, 0.25) is 0 Å². The molecule has 0 aliphatic carbocycles. The summed E-state index contributed by atoms with van der Waals surface area (Å²) in [5.74, 6) is 0.769. The molecule has 2 heterocycles. The lowest BCUT2D eigenvalue weighted by Gasteiger charge is -2.33. The van der Waals surface area contributed by atoms with Crippen LogP contribution in [0.3, 0.4) is 0 Å². The molecular formula is C8H14BrN5O. The van der Waals surface area contributed by atoms with Gasteiger partial charge in [-0.05, 0) is 5.21 Å². The minimum atomic E-state index is 0.405. The number of hydrogen-bond acceptors (Lipinski definition) is 5. The maximum absolute atomic E-state index is 5.41. The number of halogens is 1. The van der Waals surface area contributed by atoms with E-state index >= 15 is 0 Å². The van der Waals surface area contributed by atoms with Gasteiger partial charge >= 0.3 is 0 Å². The van der Waals surface area contributed by atoms with Gasteiger partial charge in [0.1, 0.15) is 0 Å². The number of aryl methyl sites for hydroxylation is 1. The van der Waals surface area contributed by atoms with Gasteiger partial charge in [-0.2, -0.15) is 4.80 Å². The molecule has 0 spiro atoms. The molecule has 1 aliphatic rings. The third-order valence-electron chi connectivity index (χ3n) is 2.42. The molecule has 1 aliphatic heterocycles. The Kier molecular flexibility index (Phi) is 3.66. The Bertz CT molecular complexity index is 318. The molecule has 6 nitrogen and oxygen atoms in total. The highest BCUT2D eigenvalue weighted by Gasteiger charge is 2.23. The van der Waals surface area contributed by atoms with Crippen LogP contribution >= 0.6 is 15.9 Å². The van der Waals surface area contributed by atoms with Crippen LogP contribution in [0.5, 0.6) is 0 Å². The highest BCUT2D eigenvalue weighted by Crippen LogP contribution is 2.11. The quantitative estimate of drug-likeness (QED) is 0.716. The molecule has 1 saturated heterocycles. The molecule has 1 aromatic heterocycles. The number of ether oxygens (including phenoxy) is 1. The summed E-state index contributed by atoms with van der Waals surface area (Å²) in [4.78, 5) is 3.80. The monoisotopic (exact) mass is 275 g/mol. The smallest absolute Gasteiger partial charge is 0.188 e. The van der Waals surface area contributed by atoms with E-state index in [0.717, 1.165) is 37.5 Å². The van der Waals surface area contributed by atoms with Crippen LogP contribution in [0.1, 0.15) is 5.82 Å². The van der Waals surface area contributed by atoms with Gasteiger partial charge in [-0.25, -0.2) is 0 Å². The average Bonchev–Trinajstić information content (AvgIpc) is 2.65. The summed E-state index contributed by atoms with van der Waals surface area (Å²) in [7, 11) is 1.78. The van der Waals surface area contributed by atoms with Gasteiger partial charge in [0, 0.05) is 17.9 Å². The van der Waals surface area contributed by atoms with Crippen LogP contribution < -0.4 is 0 Å². The minimum absolute atomic E-state index is 0.405. The van der Waals surface area contributed by atoms with E-state index < -0.39 is 0 Å². The lowest BCUT2D eigenvalue weighted by atomic mass is 10.2. The Morgan fingerprint density at radius 3 is 3.13 bits per heavy atom. The summed E-state index contributed by atoms with van der Waals surface area (Å²) in [6, 6.07) is 0.405. The van der Waals surface area contributed by atoms with Crippen LogP contribution in [0.15, 0.2) is 0 Å². The summed E-state index contributed by atoms with van der Waals surface area (Å²) in [6.45, 7) is 3.22. The van der Waals surface area contributed by atoms with Crippen molar-refractivity contribution in [3.05, 3.63) is 5.82 Å². The van der Waals surface area contributed by atoms with Gasteiger partial charge in [0.25, 0.3) is 0 Å². The second-order valence-electron chi connectivity index (χ2n) is 3.55. The Morgan fingerprint density at radius 1 is 1.60 bits per heavy atom. The van der Waals surface area contributed by atoms with Crippen molar-refractivity contribution in [3.63, 3.8) is 0 Å². The van der Waals surface area contributed by atoms with E-state index in [1.165, 1.54) is 4.80 Å². The summed E-state index contributed by atoms with van der Waals surface area (Å²) in [6.07, 6.45) is 0. The molecule has 0 radical (unpaired) electrons. The fourth-order valence-corrected chi connectivity index (χ4v) is 2.20. The Morgan fingerprint density at radius 2 is 2.47 bits per heavy atom. The van der Waals surface area contributed by atoms with E-state index in [2.05, 4.69) is 36.2 Å². The first-order valence-electron chi connectivity index (χ1n) is 4.90. The van der Waals surface area contributed by atoms with Gasteiger partial charge < -0.3 is 4.74 Å². The second kappa shape index (κ2) is 5.00. The highest BCUT2D eigenvalue weighted by atomic mass is 79.9. The van der Waals surface area contributed by atoms with Crippen LogP contribution in [0.2, 0.25) is 0 Å². The zero-order valence-corrected chi connectivity index (χ0v) is 10.2. The largest absolute Gasteiger partial charge is 0.378 e. The van der Waals surface area contributed by atoms with Crippen LogP contribution in [-0.4, -0.2) is 56.2 Å². The van der Waals surface area contributed by atoms with E-state index in [1.807, 2.05) is 0 Å². The van der Waals surface area contributed by atoms with Gasteiger partial charge in [0.05, 0.1) is 26.8 Å². The molecule has 15 heavy (non-hydrogen) atoms. The standard InChI is InChI=1S/C8H14BrN5O/c1-13-11-8(10-12-13)5-14-2-3-15-6-7(14)4-9/h7H,2-6H2,1H3. The van der Waals surface area contributed by atoms with E-state index in [1.54, 1.807) is 7.05 Å². The maximum atomic E-state index is 5.41. The summed E-state index contributed by atoms with van der Waals surface area (Å²) >= 11 is 3.49. The third kappa shape index (κ3) is 2.73. The highest BCUT2D eigenvalue weighted by molar-refractivity contribution is 9.09. The van der Waals surface area contributed by atoms with Gasteiger partial charge in [-0.3, -0.25) is 4.90 Å². The fraction of sp³-hybridized carbons (Fsp3) is 0.875. The van der Waals surface area contributed by atoms with Crippen LogP contribution in [-0.2, 0) is 18.3 Å². The molecule has 0 saturated carbocycles. The molecule has 0 aromatic carbocycles. The van der Waals surface area contributed by atoms with E-state index in [9.17, 15) is 0 Å². The Balaban J connectivity index is 1.97. The Labute approximate surface area is 96.7 Å². The molecule has 84 valence electrons. The molecule has 2 rings (SSSR count). The number of tetrazole rings is 1. The van der Waals surface area contributed by atoms with E-state index in [4.69, 9.17) is 4.74 Å². The molecular weight excluding hydrogens is 262 g/mol. The molecule has 0 bridgehead atoms. The van der Waals surface area contributed by atoms with Crippen molar-refractivity contribution in [2.45, 2.75) is 12.6 Å². The predicted molar refractivity (Wildman–Crippen MR) is 57.6 cm³/mol. The van der Waals surface area contributed by atoms with Crippen molar-refractivity contribution in [1.29, 1.82) is 0 Å². The molecule has 1 aromatic rings. The normalized spacial score (nSPS) is 23.2. The van der Waals surface area contributed by atoms with Crippen LogP contribution in [0, 0.1) is 0 Å². The number of hydrogen-bond donors (Lipinski definition) is 0. The lowest BCUT2D eigenvalue weighted by molar-refractivity contribution is -0.00328. The zero-order chi connectivity index (χ0) is 10.7. The van der Waals surface area contributed by atoms with Crippen LogP contribution in [0.25, 0.3) is 0 Å². The van der Waals surface area contributed by atoms with Crippen molar-refractivity contribution in [2.24, 2.45) is 7.05 Å². The average molecular weight is 276 g/mol. The number of alkyl halides is 1. The molecule has 0 N–H and O–H groups in total. The molecule has 7 heteroatoms. The van der Waals surface area contributed by atoms with Gasteiger partial charge in [-0.15, -0.1) is 10.2 Å². The van der Waals surface area contributed by atoms with Gasteiger partial charge in [0.15, 0.2) is 5.82 Å². The van der Waals surface area contributed by atoms with Crippen molar-refractivity contribution >= 4 is 15.9 Å². The Hall–Kier alpha value is -0.530. The molecule has 0 amide bonds. The maximum Gasteiger partial charge on any atom is 0.188 e. The number of morpholine rings is 1. The topological polar surface area (TPSA) is 56.1 Å². The van der Waals surface area contributed by atoms with E-state index in [-0.39, 0.29) is 0 Å². The molecule has 1 unspecified atom stereocenters. The lowest BCUT2D eigenvalue weighted by Crippen LogP contribution is -2.46. The third-order valence-corrected chi connectivity index (χ3v) is 3.17. The van der Waals surface area contributed by atoms with E-state index in [0.29, 0.717) is 6.04 Å². The second-order valence-corrected chi connectivity index (χ2v) is 4.20. The first-order valence-corrected chi connectivity index (χ1v) is 6.02. The number of rotatable bonds is 3. The van der Waals surface area contributed by atoms with Crippen molar-refractivity contribution in [3.8, 4) is 0 Å². The summed E-state index contributed by atoms with van der Waals surface area (Å²) in [5.41, 5.74) is 0. The first-order chi connectivity index (χ1) is 7.29.